The van der Waals surface area contributed by atoms with Gasteiger partial charge >= 0.3 is 5.97 Å². The molecule has 2 N–H and O–H groups in total. The number of aromatic nitrogens is 2. The van der Waals surface area contributed by atoms with Crippen molar-refractivity contribution in [2.75, 3.05) is 13.1 Å². The largest absolute Gasteiger partial charge is 0.481 e. The monoisotopic (exact) mass is 333 g/mol. The van der Waals surface area contributed by atoms with E-state index >= 15 is 0 Å². The van der Waals surface area contributed by atoms with Crippen LogP contribution in [-0.2, 0) is 4.79 Å². The molecule has 120 valence electrons. The SMILES string of the molecule is O=C(O)C1CCCN(C(=O)c2cc(-c3ccccc3Cl)n[nH]2)C1. The van der Waals surface area contributed by atoms with Crippen molar-refractivity contribution in [3.63, 3.8) is 0 Å². The van der Waals surface area contributed by atoms with E-state index in [1.54, 1.807) is 17.0 Å². The van der Waals surface area contributed by atoms with Crippen LogP contribution in [0, 0.1) is 5.92 Å². The van der Waals surface area contributed by atoms with E-state index in [0.29, 0.717) is 35.8 Å². The molecule has 1 amide bonds. The van der Waals surface area contributed by atoms with Gasteiger partial charge in [-0.25, -0.2) is 0 Å². The highest BCUT2D eigenvalue weighted by molar-refractivity contribution is 6.33. The number of nitrogens with zero attached hydrogens (tertiary/aromatic N) is 2. The molecule has 1 fully saturated rings. The second-order valence-corrected chi connectivity index (χ2v) is 5.98. The Morgan fingerprint density at radius 2 is 2.13 bits per heavy atom. The van der Waals surface area contributed by atoms with E-state index in [1.807, 2.05) is 18.2 Å². The fourth-order valence-electron chi connectivity index (χ4n) is 2.77. The fraction of sp³-hybridized carbons (Fsp3) is 0.312. The van der Waals surface area contributed by atoms with Gasteiger partial charge in [0.1, 0.15) is 5.69 Å². The van der Waals surface area contributed by atoms with Crippen LogP contribution in [0.15, 0.2) is 30.3 Å². The third-order valence-electron chi connectivity index (χ3n) is 4.02. The number of halogens is 1. The maximum Gasteiger partial charge on any atom is 0.308 e. The summed E-state index contributed by atoms with van der Waals surface area (Å²) in [6, 6.07) is 8.90. The number of amides is 1. The molecule has 1 aromatic carbocycles. The van der Waals surface area contributed by atoms with Crippen LogP contribution in [0.5, 0.6) is 0 Å². The summed E-state index contributed by atoms with van der Waals surface area (Å²) in [4.78, 5) is 25.2. The van der Waals surface area contributed by atoms with Gasteiger partial charge in [0.15, 0.2) is 0 Å². The number of nitrogens with one attached hydrogen (secondary N) is 1. The third-order valence-corrected chi connectivity index (χ3v) is 4.35. The van der Waals surface area contributed by atoms with E-state index in [2.05, 4.69) is 10.2 Å². The minimum Gasteiger partial charge on any atom is -0.481 e. The van der Waals surface area contributed by atoms with Gasteiger partial charge in [-0.1, -0.05) is 29.8 Å². The van der Waals surface area contributed by atoms with Gasteiger partial charge in [-0.3, -0.25) is 14.7 Å². The number of carboxylic acids is 1. The Kier molecular flexibility index (Phi) is 4.34. The van der Waals surface area contributed by atoms with Gasteiger partial charge in [-0.05, 0) is 25.0 Å². The predicted octanol–water partition coefficient (Wildman–Crippen LogP) is 2.67. The molecule has 2 aromatic rings. The van der Waals surface area contributed by atoms with Crippen molar-refractivity contribution in [3.8, 4) is 11.3 Å². The zero-order valence-electron chi connectivity index (χ0n) is 12.3. The highest BCUT2D eigenvalue weighted by Gasteiger charge is 2.29. The lowest BCUT2D eigenvalue weighted by Gasteiger charge is -2.30. The van der Waals surface area contributed by atoms with Gasteiger partial charge in [0.25, 0.3) is 5.91 Å². The minimum absolute atomic E-state index is 0.231. The quantitative estimate of drug-likeness (QED) is 0.904. The lowest BCUT2D eigenvalue weighted by atomic mass is 9.98. The normalized spacial score (nSPS) is 18.0. The molecule has 1 unspecified atom stereocenters. The molecule has 1 aliphatic rings. The summed E-state index contributed by atoms with van der Waals surface area (Å²) < 4.78 is 0. The summed E-state index contributed by atoms with van der Waals surface area (Å²) in [6.45, 7) is 0.789. The summed E-state index contributed by atoms with van der Waals surface area (Å²) in [5.74, 6) is -1.59. The summed E-state index contributed by atoms with van der Waals surface area (Å²) in [6.07, 6.45) is 1.29. The van der Waals surface area contributed by atoms with E-state index in [-0.39, 0.29) is 12.5 Å². The van der Waals surface area contributed by atoms with Crippen molar-refractivity contribution in [2.24, 2.45) is 5.92 Å². The summed E-state index contributed by atoms with van der Waals surface area (Å²) in [5.41, 5.74) is 1.67. The minimum atomic E-state index is -0.858. The summed E-state index contributed by atoms with van der Waals surface area (Å²) in [7, 11) is 0. The van der Waals surface area contributed by atoms with Crippen LogP contribution in [0.25, 0.3) is 11.3 Å². The molecular weight excluding hydrogens is 318 g/mol. The van der Waals surface area contributed by atoms with Gasteiger partial charge in [-0.2, -0.15) is 5.10 Å². The first kappa shape index (κ1) is 15.6. The predicted molar refractivity (Wildman–Crippen MR) is 85.3 cm³/mol. The molecule has 1 atom stereocenters. The maximum absolute atomic E-state index is 12.5. The average Bonchev–Trinajstić information content (AvgIpc) is 3.04. The van der Waals surface area contributed by atoms with Crippen molar-refractivity contribution in [2.45, 2.75) is 12.8 Å². The van der Waals surface area contributed by atoms with E-state index in [1.165, 1.54) is 0 Å². The third kappa shape index (κ3) is 3.22. The molecule has 0 spiro atoms. The standard InChI is InChI=1S/C16H16ClN3O3/c17-12-6-2-1-5-11(12)13-8-14(19-18-13)15(21)20-7-3-4-10(9-20)16(22)23/h1-2,5-6,8,10H,3-4,7,9H2,(H,18,19)(H,22,23). The lowest BCUT2D eigenvalue weighted by Crippen LogP contribution is -2.42. The molecule has 1 aromatic heterocycles. The van der Waals surface area contributed by atoms with Crippen molar-refractivity contribution < 1.29 is 14.7 Å². The van der Waals surface area contributed by atoms with Gasteiger partial charge in [-0.15, -0.1) is 0 Å². The zero-order chi connectivity index (χ0) is 16.4. The maximum atomic E-state index is 12.5. The van der Waals surface area contributed by atoms with Crippen molar-refractivity contribution >= 4 is 23.5 Å². The Morgan fingerprint density at radius 1 is 1.35 bits per heavy atom. The molecule has 0 radical (unpaired) electrons. The second kappa shape index (κ2) is 6.42. The number of piperidine rings is 1. The van der Waals surface area contributed by atoms with Crippen LogP contribution in [-0.4, -0.2) is 45.2 Å². The first-order valence-corrected chi connectivity index (χ1v) is 7.76. The van der Waals surface area contributed by atoms with Crippen LogP contribution < -0.4 is 0 Å². The molecule has 2 heterocycles. The van der Waals surface area contributed by atoms with Gasteiger partial charge in [0.2, 0.25) is 0 Å². The van der Waals surface area contributed by atoms with Crippen molar-refractivity contribution in [1.82, 2.24) is 15.1 Å². The number of H-pyrrole nitrogens is 1. The molecule has 0 bridgehead atoms. The van der Waals surface area contributed by atoms with Gasteiger partial charge in [0.05, 0.1) is 16.6 Å². The molecule has 1 aliphatic heterocycles. The zero-order valence-corrected chi connectivity index (χ0v) is 13.1. The number of benzene rings is 1. The number of hydrogen-bond acceptors (Lipinski definition) is 3. The molecule has 7 heteroatoms. The number of carbonyl (C=O) groups is 2. The number of hydrogen-bond donors (Lipinski definition) is 2. The number of aliphatic carboxylic acids is 1. The van der Waals surface area contributed by atoms with E-state index in [0.717, 1.165) is 5.56 Å². The van der Waals surface area contributed by atoms with Gasteiger partial charge < -0.3 is 10.0 Å². The first-order valence-electron chi connectivity index (χ1n) is 7.38. The number of rotatable bonds is 3. The average molecular weight is 334 g/mol. The Hall–Kier alpha value is -2.34. The molecule has 1 saturated heterocycles. The molecular formula is C16H16ClN3O3. The number of carbonyl (C=O) groups excluding carboxylic acids is 1. The van der Waals surface area contributed by atoms with E-state index in [4.69, 9.17) is 16.7 Å². The van der Waals surface area contributed by atoms with Crippen LogP contribution in [0.1, 0.15) is 23.3 Å². The van der Waals surface area contributed by atoms with Crippen LogP contribution >= 0.6 is 11.6 Å². The lowest BCUT2D eigenvalue weighted by molar-refractivity contribution is -0.143. The topological polar surface area (TPSA) is 86.3 Å². The van der Waals surface area contributed by atoms with Crippen molar-refractivity contribution in [1.29, 1.82) is 0 Å². The van der Waals surface area contributed by atoms with E-state index < -0.39 is 11.9 Å². The molecule has 23 heavy (non-hydrogen) atoms. The number of carboxylic acid groups (broad SMARTS) is 1. The van der Waals surface area contributed by atoms with Gasteiger partial charge in [0, 0.05) is 18.7 Å². The fourth-order valence-corrected chi connectivity index (χ4v) is 3.00. The molecule has 0 aliphatic carbocycles. The Balaban J connectivity index is 1.79. The van der Waals surface area contributed by atoms with E-state index in [9.17, 15) is 9.59 Å². The second-order valence-electron chi connectivity index (χ2n) is 5.58. The highest BCUT2D eigenvalue weighted by Crippen LogP contribution is 2.27. The summed E-state index contributed by atoms with van der Waals surface area (Å²) in [5, 5.41) is 16.5. The Bertz CT molecular complexity index is 744. The summed E-state index contributed by atoms with van der Waals surface area (Å²) >= 11 is 6.14. The Labute approximate surface area is 138 Å². The first-order chi connectivity index (χ1) is 11.1. The Morgan fingerprint density at radius 3 is 2.87 bits per heavy atom. The van der Waals surface area contributed by atoms with Crippen LogP contribution in [0.2, 0.25) is 5.02 Å². The highest BCUT2D eigenvalue weighted by atomic mass is 35.5. The number of likely N-dealkylation sites (tertiary alicyclic amines) is 1. The van der Waals surface area contributed by atoms with Crippen molar-refractivity contribution in [3.05, 3.63) is 41.0 Å². The molecule has 3 rings (SSSR count). The number of aromatic amines is 1. The molecule has 0 saturated carbocycles. The van der Waals surface area contributed by atoms with Crippen LogP contribution in [0.4, 0.5) is 0 Å². The smallest absolute Gasteiger partial charge is 0.308 e. The molecule has 6 nitrogen and oxygen atoms in total. The van der Waals surface area contributed by atoms with Crippen LogP contribution in [0.3, 0.4) is 0 Å².